The molecule has 1 amide bonds. The molecule has 5 nitrogen and oxygen atoms in total. The smallest absolute Gasteiger partial charge is 0.274 e. The number of hydrogen-bond donors (Lipinski definition) is 1. The summed E-state index contributed by atoms with van der Waals surface area (Å²) in [5.74, 6) is 0.593. The number of piperidine rings is 1. The summed E-state index contributed by atoms with van der Waals surface area (Å²) in [6.07, 6.45) is 2.07. The van der Waals surface area contributed by atoms with E-state index in [-0.39, 0.29) is 11.5 Å². The number of aromatic amines is 1. The SMILES string of the molecule is CC1CCN(C(=O)c2ccc(=O)[nH]n2)CC1. The molecule has 86 valence electrons. The van der Waals surface area contributed by atoms with Crippen molar-refractivity contribution in [2.75, 3.05) is 13.1 Å². The third kappa shape index (κ3) is 2.29. The average Bonchev–Trinajstić information content (AvgIpc) is 2.30. The lowest BCUT2D eigenvalue weighted by molar-refractivity contribution is 0.0690. The number of H-pyrrole nitrogens is 1. The molecule has 16 heavy (non-hydrogen) atoms. The quantitative estimate of drug-likeness (QED) is 0.756. The molecule has 1 N–H and O–H groups in total. The Hall–Kier alpha value is -1.65. The first-order valence-corrected chi connectivity index (χ1v) is 5.52. The average molecular weight is 221 g/mol. The fourth-order valence-electron chi connectivity index (χ4n) is 1.84. The Bertz CT molecular complexity index is 413. The van der Waals surface area contributed by atoms with Gasteiger partial charge in [-0.25, -0.2) is 5.10 Å². The van der Waals surface area contributed by atoms with Crippen molar-refractivity contribution in [3.8, 4) is 0 Å². The molecule has 0 saturated carbocycles. The zero-order valence-corrected chi connectivity index (χ0v) is 9.27. The Balaban J connectivity index is 2.07. The van der Waals surface area contributed by atoms with Crippen molar-refractivity contribution in [1.29, 1.82) is 0 Å². The van der Waals surface area contributed by atoms with E-state index in [1.807, 2.05) is 0 Å². The fourth-order valence-corrected chi connectivity index (χ4v) is 1.84. The highest BCUT2D eigenvalue weighted by atomic mass is 16.2. The van der Waals surface area contributed by atoms with Gasteiger partial charge in [0.15, 0.2) is 0 Å². The van der Waals surface area contributed by atoms with E-state index in [0.29, 0.717) is 11.6 Å². The van der Waals surface area contributed by atoms with Gasteiger partial charge in [-0.05, 0) is 24.8 Å². The Morgan fingerprint density at radius 1 is 1.44 bits per heavy atom. The van der Waals surface area contributed by atoms with E-state index >= 15 is 0 Å². The fraction of sp³-hybridized carbons (Fsp3) is 0.545. The number of aromatic nitrogens is 2. The summed E-state index contributed by atoms with van der Waals surface area (Å²) in [7, 11) is 0. The molecule has 2 heterocycles. The Labute approximate surface area is 93.5 Å². The molecule has 1 aliphatic heterocycles. The highest BCUT2D eigenvalue weighted by Gasteiger charge is 2.22. The predicted molar refractivity (Wildman–Crippen MR) is 59.2 cm³/mol. The molecule has 0 spiro atoms. The van der Waals surface area contributed by atoms with E-state index in [1.165, 1.54) is 12.1 Å². The largest absolute Gasteiger partial charge is 0.337 e. The molecule has 1 fully saturated rings. The summed E-state index contributed by atoms with van der Waals surface area (Å²) >= 11 is 0. The lowest BCUT2D eigenvalue weighted by Gasteiger charge is -2.29. The predicted octanol–water partition coefficient (Wildman–Crippen LogP) is 0.642. The zero-order valence-electron chi connectivity index (χ0n) is 9.27. The zero-order chi connectivity index (χ0) is 11.5. The minimum atomic E-state index is -0.288. The number of nitrogens with one attached hydrogen (secondary N) is 1. The van der Waals surface area contributed by atoms with Crippen LogP contribution in [0.4, 0.5) is 0 Å². The van der Waals surface area contributed by atoms with Gasteiger partial charge in [0.25, 0.3) is 11.5 Å². The molecule has 0 unspecified atom stereocenters. The van der Waals surface area contributed by atoms with Gasteiger partial charge in [0, 0.05) is 19.2 Å². The van der Waals surface area contributed by atoms with Crippen LogP contribution in [0.1, 0.15) is 30.3 Å². The maximum atomic E-state index is 12.0. The third-order valence-corrected chi connectivity index (χ3v) is 2.97. The second-order valence-electron chi connectivity index (χ2n) is 4.28. The maximum Gasteiger partial charge on any atom is 0.274 e. The van der Waals surface area contributed by atoms with Gasteiger partial charge in [0.2, 0.25) is 0 Å². The van der Waals surface area contributed by atoms with E-state index in [4.69, 9.17) is 0 Å². The molecule has 1 aromatic rings. The normalized spacial score (nSPS) is 17.4. The van der Waals surface area contributed by atoms with Gasteiger partial charge in [-0.2, -0.15) is 5.10 Å². The van der Waals surface area contributed by atoms with Crippen LogP contribution in [-0.2, 0) is 0 Å². The van der Waals surface area contributed by atoms with E-state index in [2.05, 4.69) is 17.1 Å². The van der Waals surface area contributed by atoms with Crippen LogP contribution in [-0.4, -0.2) is 34.1 Å². The molecule has 0 aliphatic carbocycles. The first-order chi connectivity index (χ1) is 7.66. The van der Waals surface area contributed by atoms with Gasteiger partial charge in [-0.3, -0.25) is 9.59 Å². The molecule has 5 heteroatoms. The van der Waals surface area contributed by atoms with Crippen molar-refractivity contribution in [3.63, 3.8) is 0 Å². The highest BCUT2D eigenvalue weighted by molar-refractivity contribution is 5.92. The minimum Gasteiger partial charge on any atom is -0.337 e. The highest BCUT2D eigenvalue weighted by Crippen LogP contribution is 2.17. The van der Waals surface area contributed by atoms with Crippen molar-refractivity contribution < 1.29 is 4.79 Å². The van der Waals surface area contributed by atoms with E-state index in [0.717, 1.165) is 25.9 Å². The minimum absolute atomic E-state index is 0.0943. The summed E-state index contributed by atoms with van der Waals surface area (Å²) in [5, 5.41) is 6.02. The number of rotatable bonds is 1. The summed E-state index contributed by atoms with van der Waals surface area (Å²) in [4.78, 5) is 24.6. The monoisotopic (exact) mass is 221 g/mol. The number of carbonyl (C=O) groups excluding carboxylic acids is 1. The van der Waals surface area contributed by atoms with Crippen molar-refractivity contribution >= 4 is 5.91 Å². The summed E-state index contributed by atoms with van der Waals surface area (Å²) in [6, 6.07) is 2.80. The standard InChI is InChI=1S/C11H15N3O2/c1-8-4-6-14(7-5-8)11(16)9-2-3-10(15)13-12-9/h2-3,8H,4-7H2,1H3,(H,13,15). The van der Waals surface area contributed by atoms with Gasteiger partial charge >= 0.3 is 0 Å². The van der Waals surface area contributed by atoms with Crippen LogP contribution in [0.5, 0.6) is 0 Å². The van der Waals surface area contributed by atoms with Crippen LogP contribution in [0, 0.1) is 5.92 Å². The molecule has 0 radical (unpaired) electrons. The summed E-state index contributed by atoms with van der Waals surface area (Å²) in [5.41, 5.74) is 0.0259. The number of amides is 1. The second-order valence-corrected chi connectivity index (χ2v) is 4.28. The van der Waals surface area contributed by atoms with Gasteiger partial charge in [0.1, 0.15) is 5.69 Å². The lowest BCUT2D eigenvalue weighted by atomic mass is 9.99. The Morgan fingerprint density at radius 3 is 2.69 bits per heavy atom. The van der Waals surface area contributed by atoms with E-state index in [9.17, 15) is 9.59 Å². The Morgan fingerprint density at radius 2 is 2.12 bits per heavy atom. The molecule has 1 aromatic heterocycles. The van der Waals surface area contributed by atoms with Crippen LogP contribution in [0.15, 0.2) is 16.9 Å². The molecule has 0 bridgehead atoms. The molecule has 2 rings (SSSR count). The van der Waals surface area contributed by atoms with Crippen molar-refractivity contribution in [2.24, 2.45) is 5.92 Å². The second kappa shape index (κ2) is 4.47. The molecule has 0 atom stereocenters. The number of likely N-dealkylation sites (tertiary alicyclic amines) is 1. The van der Waals surface area contributed by atoms with Gasteiger partial charge in [-0.15, -0.1) is 0 Å². The first kappa shape index (κ1) is 10.9. The summed E-state index contributed by atoms with van der Waals surface area (Å²) < 4.78 is 0. The molecule has 1 aliphatic rings. The number of carbonyl (C=O) groups is 1. The van der Waals surface area contributed by atoms with Crippen molar-refractivity contribution in [1.82, 2.24) is 15.1 Å². The van der Waals surface area contributed by atoms with Gasteiger partial charge in [0.05, 0.1) is 0 Å². The molecule has 0 aromatic carbocycles. The van der Waals surface area contributed by atoms with Gasteiger partial charge < -0.3 is 4.90 Å². The van der Waals surface area contributed by atoms with Crippen LogP contribution in [0.3, 0.4) is 0 Å². The summed E-state index contributed by atoms with van der Waals surface area (Å²) in [6.45, 7) is 3.75. The van der Waals surface area contributed by atoms with Gasteiger partial charge in [-0.1, -0.05) is 6.92 Å². The van der Waals surface area contributed by atoms with Crippen molar-refractivity contribution in [2.45, 2.75) is 19.8 Å². The van der Waals surface area contributed by atoms with Crippen molar-refractivity contribution in [3.05, 3.63) is 28.2 Å². The van der Waals surface area contributed by atoms with Crippen LogP contribution >= 0.6 is 0 Å². The lowest BCUT2D eigenvalue weighted by Crippen LogP contribution is -2.38. The maximum absolute atomic E-state index is 12.0. The topological polar surface area (TPSA) is 66.1 Å². The van der Waals surface area contributed by atoms with E-state index < -0.39 is 0 Å². The van der Waals surface area contributed by atoms with Crippen LogP contribution in [0.2, 0.25) is 0 Å². The third-order valence-electron chi connectivity index (χ3n) is 2.97. The number of hydrogen-bond acceptors (Lipinski definition) is 3. The first-order valence-electron chi connectivity index (χ1n) is 5.52. The molecular formula is C11H15N3O2. The number of nitrogens with zero attached hydrogens (tertiary/aromatic N) is 2. The molecule has 1 saturated heterocycles. The van der Waals surface area contributed by atoms with E-state index in [1.54, 1.807) is 4.90 Å². The molecular weight excluding hydrogens is 206 g/mol. The van der Waals surface area contributed by atoms with Crippen LogP contribution in [0.25, 0.3) is 0 Å². The Kier molecular flexibility index (Phi) is 3.03. The van der Waals surface area contributed by atoms with Crippen LogP contribution < -0.4 is 5.56 Å².